The molecule has 0 spiro atoms. The van der Waals surface area contributed by atoms with E-state index in [-0.39, 0.29) is 28.6 Å². The van der Waals surface area contributed by atoms with Crippen LogP contribution in [-0.2, 0) is 0 Å². The van der Waals surface area contributed by atoms with Gasteiger partial charge in [0, 0.05) is 18.3 Å². The average Bonchev–Trinajstić information content (AvgIpc) is 3.18. The molecule has 34 heavy (non-hydrogen) atoms. The lowest BCUT2D eigenvalue weighted by atomic mass is 9.75. The predicted molar refractivity (Wildman–Crippen MR) is 136 cm³/mol. The van der Waals surface area contributed by atoms with Gasteiger partial charge < -0.3 is 5.32 Å². The monoisotopic (exact) mass is 464 g/mol. The van der Waals surface area contributed by atoms with Crippen LogP contribution in [-0.4, -0.2) is 28.2 Å². The summed E-state index contributed by atoms with van der Waals surface area (Å²) in [6.45, 7) is 13.4. The van der Waals surface area contributed by atoms with Gasteiger partial charge in [-0.2, -0.15) is 5.10 Å². The summed E-state index contributed by atoms with van der Waals surface area (Å²) in [5, 5.41) is 21.0. The molecule has 0 saturated heterocycles. The molecule has 1 N–H and O–H groups in total. The van der Waals surface area contributed by atoms with E-state index in [0.717, 1.165) is 19.3 Å². The van der Waals surface area contributed by atoms with Crippen LogP contribution in [0, 0.1) is 32.8 Å². The van der Waals surface area contributed by atoms with Crippen LogP contribution in [0.2, 0.25) is 0 Å². The zero-order valence-corrected chi connectivity index (χ0v) is 21.1. The van der Waals surface area contributed by atoms with Crippen molar-refractivity contribution in [1.29, 1.82) is 0 Å². The summed E-state index contributed by atoms with van der Waals surface area (Å²) >= 11 is 0. The summed E-state index contributed by atoms with van der Waals surface area (Å²) in [7, 11) is 0. The number of allylic oxidation sites excluding steroid dienone is 4. The summed E-state index contributed by atoms with van der Waals surface area (Å²) in [5.41, 5.74) is 3.81. The molecule has 2 aliphatic carbocycles. The van der Waals surface area contributed by atoms with E-state index < -0.39 is 4.92 Å². The van der Waals surface area contributed by atoms with Gasteiger partial charge in [0.2, 0.25) is 0 Å². The minimum atomic E-state index is -0.432. The van der Waals surface area contributed by atoms with E-state index in [2.05, 4.69) is 64.1 Å². The number of anilines is 1. The molecule has 0 saturated carbocycles. The third kappa shape index (κ3) is 4.17. The quantitative estimate of drug-likeness (QED) is 0.224. The van der Waals surface area contributed by atoms with E-state index in [4.69, 9.17) is 0 Å². The van der Waals surface area contributed by atoms with Crippen LogP contribution in [0.25, 0.3) is 0 Å². The summed E-state index contributed by atoms with van der Waals surface area (Å²) in [4.78, 5) is 24.4. The SMILES string of the molecule is CC1=CC[C@H](CC=NN2C(=O)c3ccc([N+](=O)[O-])cc3N[C@@H]2C[C@@H]2CC=C(C)C2(C)C)C1(C)C. The number of hydrogen-bond acceptors (Lipinski definition) is 5. The molecule has 0 unspecified atom stereocenters. The zero-order chi connectivity index (χ0) is 24.8. The second kappa shape index (κ2) is 8.67. The number of nitrogens with zero attached hydrogens (tertiary/aromatic N) is 3. The van der Waals surface area contributed by atoms with Gasteiger partial charge in [0.1, 0.15) is 6.17 Å². The van der Waals surface area contributed by atoms with Crippen molar-refractivity contribution in [2.75, 3.05) is 5.32 Å². The molecule has 0 bridgehead atoms. The topological polar surface area (TPSA) is 87.8 Å². The molecule has 1 aromatic rings. The number of nitro benzene ring substituents is 1. The number of carbonyl (C=O) groups is 1. The van der Waals surface area contributed by atoms with Crippen molar-refractivity contribution in [2.24, 2.45) is 27.8 Å². The van der Waals surface area contributed by atoms with Crippen molar-refractivity contribution in [3.8, 4) is 0 Å². The van der Waals surface area contributed by atoms with Crippen LogP contribution in [0.3, 0.4) is 0 Å². The number of carbonyl (C=O) groups excluding carboxylic acids is 1. The van der Waals surface area contributed by atoms with E-state index in [1.807, 2.05) is 6.21 Å². The van der Waals surface area contributed by atoms with E-state index in [0.29, 0.717) is 29.5 Å². The number of fused-ring (bicyclic) bond motifs is 1. The Kier molecular flexibility index (Phi) is 6.17. The van der Waals surface area contributed by atoms with Gasteiger partial charge in [-0.25, -0.2) is 5.01 Å². The van der Waals surface area contributed by atoms with E-state index >= 15 is 0 Å². The number of hydrogen-bond donors (Lipinski definition) is 1. The van der Waals surface area contributed by atoms with Crippen molar-refractivity contribution in [2.45, 2.75) is 73.4 Å². The lowest BCUT2D eigenvalue weighted by Gasteiger charge is -2.39. The van der Waals surface area contributed by atoms with Gasteiger partial charge in [-0.3, -0.25) is 14.9 Å². The van der Waals surface area contributed by atoms with Crippen molar-refractivity contribution < 1.29 is 9.72 Å². The Labute approximate surface area is 202 Å². The molecule has 1 amide bonds. The fraction of sp³-hybridized carbons (Fsp3) is 0.556. The maximum atomic E-state index is 13.5. The molecule has 4 rings (SSSR count). The van der Waals surface area contributed by atoms with Gasteiger partial charge in [0.05, 0.1) is 16.2 Å². The van der Waals surface area contributed by atoms with Crippen LogP contribution in [0.15, 0.2) is 46.6 Å². The number of nitro groups is 1. The largest absolute Gasteiger partial charge is 0.363 e. The fourth-order valence-electron chi connectivity index (χ4n) is 5.46. The first-order valence-electron chi connectivity index (χ1n) is 12.2. The van der Waals surface area contributed by atoms with Gasteiger partial charge in [-0.15, -0.1) is 0 Å². The molecule has 7 heteroatoms. The standard InChI is InChI=1S/C27H36N4O3/c1-17-7-9-19(26(17,3)4)13-14-28-30-24(15-20-10-8-18(2)27(20,5)6)29-23-16-21(31(33)34)11-12-22(23)25(30)32/h7-8,11-12,14,16,19-20,24,29H,9-10,13,15H2,1-6H3/t19-,20+,24+/m1/s1. The van der Waals surface area contributed by atoms with Gasteiger partial charge in [-0.1, -0.05) is 51.0 Å². The van der Waals surface area contributed by atoms with Crippen molar-refractivity contribution in [3.63, 3.8) is 0 Å². The molecule has 0 fully saturated rings. The highest BCUT2D eigenvalue weighted by atomic mass is 16.6. The molecule has 1 aromatic carbocycles. The van der Waals surface area contributed by atoms with Gasteiger partial charge in [0.25, 0.3) is 11.6 Å². The molecule has 1 aliphatic heterocycles. The van der Waals surface area contributed by atoms with Crippen molar-refractivity contribution in [1.82, 2.24) is 5.01 Å². The van der Waals surface area contributed by atoms with Gasteiger partial charge in [-0.05, 0) is 68.3 Å². The van der Waals surface area contributed by atoms with Crippen LogP contribution in [0.5, 0.6) is 0 Å². The third-order valence-electron chi connectivity index (χ3n) is 8.86. The minimum Gasteiger partial charge on any atom is -0.363 e. The Hall–Kier alpha value is -2.96. The Morgan fingerprint density at radius 3 is 2.29 bits per heavy atom. The lowest BCUT2D eigenvalue weighted by Crippen LogP contribution is -2.47. The average molecular weight is 465 g/mol. The maximum Gasteiger partial charge on any atom is 0.278 e. The first-order chi connectivity index (χ1) is 15.9. The zero-order valence-electron chi connectivity index (χ0n) is 21.1. The third-order valence-corrected chi connectivity index (χ3v) is 8.86. The molecular formula is C27H36N4O3. The van der Waals surface area contributed by atoms with Crippen LogP contribution < -0.4 is 5.32 Å². The fourth-order valence-corrected chi connectivity index (χ4v) is 5.46. The van der Waals surface area contributed by atoms with E-state index in [9.17, 15) is 14.9 Å². The number of benzene rings is 1. The number of hydrazone groups is 1. The highest BCUT2D eigenvalue weighted by Crippen LogP contribution is 2.47. The normalized spacial score (nSPS) is 27.4. The Balaban J connectivity index is 1.60. The Morgan fingerprint density at radius 2 is 1.74 bits per heavy atom. The summed E-state index contributed by atoms with van der Waals surface area (Å²) < 4.78 is 0. The summed E-state index contributed by atoms with van der Waals surface area (Å²) in [5.74, 6) is 0.583. The molecule has 182 valence electrons. The number of non-ortho nitro benzene ring substituents is 1. The van der Waals surface area contributed by atoms with Gasteiger partial charge in [0.15, 0.2) is 0 Å². The van der Waals surface area contributed by atoms with Gasteiger partial charge >= 0.3 is 0 Å². The number of rotatable bonds is 6. The Bertz CT molecular complexity index is 1100. The molecule has 7 nitrogen and oxygen atoms in total. The molecular weight excluding hydrogens is 428 g/mol. The molecule has 1 heterocycles. The minimum absolute atomic E-state index is 0.0279. The van der Waals surface area contributed by atoms with Crippen LogP contribution >= 0.6 is 0 Å². The van der Waals surface area contributed by atoms with E-state index in [1.165, 1.54) is 29.3 Å². The molecule has 0 radical (unpaired) electrons. The highest BCUT2D eigenvalue weighted by molar-refractivity contribution is 6.02. The Morgan fingerprint density at radius 1 is 1.12 bits per heavy atom. The summed E-state index contributed by atoms with van der Waals surface area (Å²) in [6, 6.07) is 4.36. The first kappa shape index (κ1) is 24.2. The van der Waals surface area contributed by atoms with Crippen LogP contribution in [0.4, 0.5) is 11.4 Å². The predicted octanol–water partition coefficient (Wildman–Crippen LogP) is 6.54. The maximum absolute atomic E-state index is 13.5. The molecule has 0 aromatic heterocycles. The highest BCUT2D eigenvalue weighted by Gasteiger charge is 2.41. The lowest BCUT2D eigenvalue weighted by molar-refractivity contribution is -0.384. The smallest absolute Gasteiger partial charge is 0.278 e. The molecule has 3 atom stereocenters. The number of nitrogens with one attached hydrogen (secondary N) is 1. The summed E-state index contributed by atoms with van der Waals surface area (Å²) in [6.07, 6.45) is 9.57. The second-order valence-electron chi connectivity index (χ2n) is 11.1. The number of amides is 1. The first-order valence-corrected chi connectivity index (χ1v) is 12.2. The van der Waals surface area contributed by atoms with Crippen molar-refractivity contribution >= 4 is 23.5 Å². The second-order valence-corrected chi connectivity index (χ2v) is 11.1. The van der Waals surface area contributed by atoms with Crippen LogP contribution in [0.1, 0.15) is 77.6 Å². The van der Waals surface area contributed by atoms with E-state index in [1.54, 1.807) is 5.01 Å². The van der Waals surface area contributed by atoms with Crippen molar-refractivity contribution in [3.05, 3.63) is 57.2 Å². The molecule has 3 aliphatic rings.